The van der Waals surface area contributed by atoms with Crippen molar-refractivity contribution >= 4 is 16.7 Å². The average Bonchev–Trinajstić information content (AvgIpc) is 2.91. The molecule has 0 heterocycles. The van der Waals surface area contributed by atoms with Crippen LogP contribution in [0.15, 0.2) is 42.5 Å². The summed E-state index contributed by atoms with van der Waals surface area (Å²) in [7, 11) is 0. The molecule has 0 bridgehead atoms. The summed E-state index contributed by atoms with van der Waals surface area (Å²) in [6.07, 6.45) is 5.27. The van der Waals surface area contributed by atoms with E-state index in [1.54, 1.807) is 0 Å². The molecule has 2 heteroatoms. The van der Waals surface area contributed by atoms with Crippen molar-refractivity contribution in [2.75, 3.05) is 0 Å². The number of hydrogen-bond donors (Lipinski definition) is 1. The first-order valence-electron chi connectivity index (χ1n) is 7.08. The molecule has 0 atom stereocenters. The van der Waals surface area contributed by atoms with Crippen LogP contribution in [0.2, 0.25) is 0 Å². The van der Waals surface area contributed by atoms with Gasteiger partial charge in [-0.3, -0.25) is 4.79 Å². The minimum atomic E-state index is 0.155. The molecule has 0 aliphatic heterocycles. The standard InChI is InChI=1S/C17H19NO/c19-17(18-16-7-3-4-8-16)12-13-9-10-14-5-1-2-6-15(14)11-13/h1-2,5-6,9-11,16H,3-4,7-8,12H2,(H,18,19). The zero-order chi connectivity index (χ0) is 13.1. The number of carbonyl (C=O) groups excluding carboxylic acids is 1. The summed E-state index contributed by atoms with van der Waals surface area (Å²) < 4.78 is 0. The predicted molar refractivity (Wildman–Crippen MR) is 78.1 cm³/mol. The molecule has 0 aromatic heterocycles. The SMILES string of the molecule is O=C(Cc1ccc2ccccc2c1)NC1CCCC1. The van der Waals surface area contributed by atoms with Crippen molar-refractivity contribution in [3.63, 3.8) is 0 Å². The van der Waals surface area contributed by atoms with E-state index in [9.17, 15) is 4.79 Å². The van der Waals surface area contributed by atoms with E-state index in [1.807, 2.05) is 12.1 Å². The lowest BCUT2D eigenvalue weighted by Gasteiger charge is -2.12. The van der Waals surface area contributed by atoms with Crippen LogP contribution >= 0.6 is 0 Å². The number of rotatable bonds is 3. The van der Waals surface area contributed by atoms with Crippen LogP contribution in [-0.2, 0) is 11.2 Å². The zero-order valence-corrected chi connectivity index (χ0v) is 11.1. The molecule has 1 fully saturated rings. The maximum Gasteiger partial charge on any atom is 0.224 e. The van der Waals surface area contributed by atoms with Crippen LogP contribution in [0.4, 0.5) is 0 Å². The van der Waals surface area contributed by atoms with Gasteiger partial charge >= 0.3 is 0 Å². The fourth-order valence-corrected chi connectivity index (χ4v) is 2.88. The minimum absolute atomic E-state index is 0.155. The highest BCUT2D eigenvalue weighted by Gasteiger charge is 2.17. The summed E-state index contributed by atoms with van der Waals surface area (Å²) in [6.45, 7) is 0. The van der Waals surface area contributed by atoms with Crippen molar-refractivity contribution in [3.05, 3.63) is 48.0 Å². The quantitative estimate of drug-likeness (QED) is 0.892. The number of fused-ring (bicyclic) bond motifs is 1. The molecule has 0 radical (unpaired) electrons. The zero-order valence-electron chi connectivity index (χ0n) is 11.1. The third-order valence-corrected chi connectivity index (χ3v) is 3.90. The van der Waals surface area contributed by atoms with Crippen molar-refractivity contribution in [1.29, 1.82) is 0 Å². The number of benzene rings is 2. The van der Waals surface area contributed by atoms with Gasteiger partial charge < -0.3 is 5.32 Å². The lowest BCUT2D eigenvalue weighted by molar-refractivity contribution is -0.121. The van der Waals surface area contributed by atoms with Gasteiger partial charge in [-0.1, -0.05) is 55.3 Å². The van der Waals surface area contributed by atoms with Gasteiger partial charge in [-0.05, 0) is 29.2 Å². The van der Waals surface area contributed by atoms with Crippen LogP contribution in [0.5, 0.6) is 0 Å². The Bertz CT molecular complexity index is 585. The Morgan fingerprint density at radius 1 is 1.05 bits per heavy atom. The molecule has 2 aromatic carbocycles. The highest BCUT2D eigenvalue weighted by atomic mass is 16.1. The smallest absolute Gasteiger partial charge is 0.224 e. The normalized spacial score (nSPS) is 15.8. The van der Waals surface area contributed by atoms with Crippen molar-refractivity contribution in [1.82, 2.24) is 5.32 Å². The largest absolute Gasteiger partial charge is 0.353 e. The summed E-state index contributed by atoms with van der Waals surface area (Å²) >= 11 is 0. The van der Waals surface area contributed by atoms with E-state index < -0.39 is 0 Å². The Hall–Kier alpha value is -1.83. The average molecular weight is 253 g/mol. The summed E-state index contributed by atoms with van der Waals surface area (Å²) in [5.41, 5.74) is 1.09. The van der Waals surface area contributed by atoms with Crippen LogP contribution in [-0.4, -0.2) is 11.9 Å². The van der Waals surface area contributed by atoms with E-state index in [0.717, 1.165) is 18.4 Å². The summed E-state index contributed by atoms with van der Waals surface area (Å²) in [4.78, 5) is 12.0. The Morgan fingerprint density at radius 2 is 1.79 bits per heavy atom. The third-order valence-electron chi connectivity index (χ3n) is 3.90. The Labute approximate surface area is 113 Å². The van der Waals surface area contributed by atoms with Crippen molar-refractivity contribution in [2.45, 2.75) is 38.1 Å². The molecular weight excluding hydrogens is 234 g/mol. The molecule has 2 nitrogen and oxygen atoms in total. The second-order valence-corrected chi connectivity index (χ2v) is 5.41. The molecule has 98 valence electrons. The molecule has 1 aliphatic carbocycles. The van der Waals surface area contributed by atoms with Crippen molar-refractivity contribution in [2.24, 2.45) is 0 Å². The van der Waals surface area contributed by atoms with Crippen LogP contribution in [0.25, 0.3) is 10.8 Å². The molecule has 0 spiro atoms. The van der Waals surface area contributed by atoms with Gasteiger partial charge in [0.2, 0.25) is 5.91 Å². The van der Waals surface area contributed by atoms with E-state index >= 15 is 0 Å². The topological polar surface area (TPSA) is 29.1 Å². The Morgan fingerprint density at radius 3 is 2.58 bits per heavy atom. The molecule has 19 heavy (non-hydrogen) atoms. The number of amides is 1. The van der Waals surface area contributed by atoms with Gasteiger partial charge in [0, 0.05) is 6.04 Å². The fourth-order valence-electron chi connectivity index (χ4n) is 2.88. The van der Waals surface area contributed by atoms with E-state index in [2.05, 4.69) is 35.6 Å². The molecule has 0 saturated heterocycles. The van der Waals surface area contributed by atoms with Gasteiger partial charge in [0.05, 0.1) is 6.42 Å². The molecular formula is C17H19NO. The highest BCUT2D eigenvalue weighted by Crippen LogP contribution is 2.18. The first-order chi connectivity index (χ1) is 9.31. The third kappa shape index (κ3) is 2.95. The van der Waals surface area contributed by atoms with Gasteiger partial charge in [0.25, 0.3) is 0 Å². The van der Waals surface area contributed by atoms with Crippen molar-refractivity contribution in [3.8, 4) is 0 Å². The van der Waals surface area contributed by atoms with Gasteiger partial charge in [-0.2, -0.15) is 0 Å². The van der Waals surface area contributed by atoms with Crippen LogP contribution in [0.1, 0.15) is 31.2 Å². The molecule has 0 unspecified atom stereocenters. The van der Waals surface area contributed by atoms with Gasteiger partial charge in [0.1, 0.15) is 0 Å². The molecule has 2 aromatic rings. The number of hydrogen-bond acceptors (Lipinski definition) is 1. The minimum Gasteiger partial charge on any atom is -0.353 e. The Kier molecular flexibility index (Phi) is 3.49. The van der Waals surface area contributed by atoms with Crippen LogP contribution in [0, 0.1) is 0 Å². The van der Waals surface area contributed by atoms with E-state index in [1.165, 1.54) is 23.6 Å². The van der Waals surface area contributed by atoms with Crippen LogP contribution in [0.3, 0.4) is 0 Å². The number of nitrogens with one attached hydrogen (secondary N) is 1. The summed E-state index contributed by atoms with van der Waals surface area (Å²) in [5, 5.41) is 5.56. The van der Waals surface area contributed by atoms with E-state index in [4.69, 9.17) is 0 Å². The maximum atomic E-state index is 12.0. The van der Waals surface area contributed by atoms with Gasteiger partial charge in [-0.25, -0.2) is 0 Å². The molecule has 1 N–H and O–H groups in total. The lowest BCUT2D eigenvalue weighted by Crippen LogP contribution is -2.33. The first-order valence-corrected chi connectivity index (χ1v) is 7.08. The van der Waals surface area contributed by atoms with Gasteiger partial charge in [0.15, 0.2) is 0 Å². The predicted octanol–water partition coefficient (Wildman–Crippen LogP) is 3.44. The Balaban J connectivity index is 1.68. The van der Waals surface area contributed by atoms with E-state index in [-0.39, 0.29) is 5.91 Å². The second kappa shape index (κ2) is 5.43. The summed E-state index contributed by atoms with van der Waals surface area (Å²) in [5.74, 6) is 0.155. The lowest BCUT2D eigenvalue weighted by atomic mass is 10.0. The maximum absolute atomic E-state index is 12.0. The monoisotopic (exact) mass is 253 g/mol. The molecule has 3 rings (SSSR count). The number of carbonyl (C=O) groups is 1. The van der Waals surface area contributed by atoms with Crippen molar-refractivity contribution < 1.29 is 4.79 Å². The second-order valence-electron chi connectivity index (χ2n) is 5.41. The summed E-state index contributed by atoms with van der Waals surface area (Å²) in [6, 6.07) is 14.9. The molecule has 1 aliphatic rings. The fraction of sp³-hybridized carbons (Fsp3) is 0.353. The molecule has 1 saturated carbocycles. The highest BCUT2D eigenvalue weighted by molar-refractivity contribution is 5.85. The molecule has 1 amide bonds. The van der Waals surface area contributed by atoms with Crippen LogP contribution < -0.4 is 5.32 Å². The first kappa shape index (κ1) is 12.2. The van der Waals surface area contributed by atoms with E-state index in [0.29, 0.717) is 12.5 Å². The van der Waals surface area contributed by atoms with Gasteiger partial charge in [-0.15, -0.1) is 0 Å².